The van der Waals surface area contributed by atoms with Crippen molar-refractivity contribution in [2.24, 2.45) is 0 Å². The molecule has 96 valence electrons. The predicted octanol–water partition coefficient (Wildman–Crippen LogP) is 2.00. The first-order valence-electron chi connectivity index (χ1n) is 5.67. The monoisotopic (exact) mass is 266 g/mol. The number of hydrogen-bond acceptors (Lipinski definition) is 4. The molecule has 1 atom stereocenters. The number of aromatic nitrogens is 1. The van der Waals surface area contributed by atoms with Gasteiger partial charge in [-0.1, -0.05) is 6.07 Å². The van der Waals surface area contributed by atoms with Crippen molar-refractivity contribution in [3.63, 3.8) is 0 Å². The zero-order valence-corrected chi connectivity index (χ0v) is 10.8. The molecular weight excluding hydrogens is 252 g/mol. The molecule has 1 aromatic heterocycles. The minimum Gasteiger partial charge on any atom is -0.477 e. The molecule has 1 unspecified atom stereocenters. The quantitative estimate of drug-likeness (QED) is 0.874. The first kappa shape index (κ1) is 12.9. The minimum atomic E-state index is -1.10. The van der Waals surface area contributed by atoms with E-state index in [2.05, 4.69) is 10.3 Å². The smallest absolute Gasteiger partial charge is 0.354 e. The van der Waals surface area contributed by atoms with Gasteiger partial charge in [-0.25, -0.2) is 9.78 Å². The van der Waals surface area contributed by atoms with Crippen molar-refractivity contribution in [3.05, 3.63) is 23.9 Å². The lowest BCUT2D eigenvalue weighted by molar-refractivity contribution is -0.118. The maximum absolute atomic E-state index is 12.1. The molecule has 1 amide bonds. The van der Waals surface area contributed by atoms with Crippen LogP contribution in [0.3, 0.4) is 0 Å². The number of carboxylic acids is 1. The molecule has 1 aromatic rings. The average Bonchev–Trinajstić information content (AvgIpc) is 2.78. The van der Waals surface area contributed by atoms with Crippen molar-refractivity contribution in [1.82, 2.24) is 4.98 Å². The van der Waals surface area contributed by atoms with E-state index < -0.39 is 10.7 Å². The molecule has 2 rings (SSSR count). The molecule has 1 aliphatic heterocycles. The number of pyridine rings is 1. The Hall–Kier alpha value is -1.56. The lowest BCUT2D eigenvalue weighted by Gasteiger charge is -2.21. The Kier molecular flexibility index (Phi) is 3.56. The van der Waals surface area contributed by atoms with Crippen molar-refractivity contribution in [1.29, 1.82) is 0 Å². The van der Waals surface area contributed by atoms with E-state index in [1.165, 1.54) is 6.07 Å². The summed E-state index contributed by atoms with van der Waals surface area (Å²) in [6.07, 6.45) is 1.86. The van der Waals surface area contributed by atoms with Gasteiger partial charge in [0.15, 0.2) is 5.69 Å². The Morgan fingerprint density at radius 1 is 1.50 bits per heavy atom. The van der Waals surface area contributed by atoms with Gasteiger partial charge in [0.25, 0.3) is 0 Å². The fourth-order valence-corrected chi connectivity index (χ4v) is 3.04. The molecule has 1 saturated heterocycles. The summed E-state index contributed by atoms with van der Waals surface area (Å²) in [6, 6.07) is 4.55. The summed E-state index contributed by atoms with van der Waals surface area (Å²) < 4.78 is -0.430. The maximum Gasteiger partial charge on any atom is 0.354 e. The SMILES string of the molecule is CC1(C(=O)Nc2cccc(C(=O)O)n2)CCCS1. The first-order valence-corrected chi connectivity index (χ1v) is 6.66. The number of hydrogen-bond donors (Lipinski definition) is 2. The number of carboxylic acid groups (broad SMARTS) is 1. The van der Waals surface area contributed by atoms with Crippen molar-refractivity contribution in [2.75, 3.05) is 11.1 Å². The van der Waals surface area contributed by atoms with Gasteiger partial charge < -0.3 is 10.4 Å². The van der Waals surface area contributed by atoms with Crippen molar-refractivity contribution in [3.8, 4) is 0 Å². The fourth-order valence-electron chi connectivity index (χ4n) is 1.83. The zero-order chi connectivity index (χ0) is 13.2. The van der Waals surface area contributed by atoms with Gasteiger partial charge in [-0.2, -0.15) is 0 Å². The molecular formula is C12H14N2O3S. The van der Waals surface area contributed by atoms with E-state index in [0.29, 0.717) is 0 Å². The van der Waals surface area contributed by atoms with Gasteiger partial charge in [-0.15, -0.1) is 11.8 Å². The Labute approximate surface area is 109 Å². The van der Waals surface area contributed by atoms with Crippen LogP contribution in [0.5, 0.6) is 0 Å². The number of carbonyl (C=O) groups excluding carboxylic acids is 1. The van der Waals surface area contributed by atoms with Crippen LogP contribution in [0.4, 0.5) is 5.82 Å². The molecule has 0 bridgehead atoms. The minimum absolute atomic E-state index is 0.0722. The van der Waals surface area contributed by atoms with Crippen LogP contribution >= 0.6 is 11.8 Å². The molecule has 1 fully saturated rings. The van der Waals surface area contributed by atoms with Crippen LogP contribution < -0.4 is 5.32 Å². The molecule has 0 spiro atoms. The molecule has 5 nitrogen and oxygen atoms in total. The van der Waals surface area contributed by atoms with Gasteiger partial charge in [0.2, 0.25) is 5.91 Å². The second kappa shape index (κ2) is 4.97. The highest BCUT2D eigenvalue weighted by Crippen LogP contribution is 2.38. The standard InChI is InChI=1S/C12H14N2O3S/c1-12(6-3-7-18-12)11(17)14-9-5-2-4-8(13-9)10(15)16/h2,4-5H,3,6-7H2,1H3,(H,15,16)(H,13,14,17). The van der Waals surface area contributed by atoms with E-state index in [9.17, 15) is 9.59 Å². The highest BCUT2D eigenvalue weighted by atomic mass is 32.2. The summed E-state index contributed by atoms with van der Waals surface area (Å²) in [5.74, 6) is 0.0493. The van der Waals surface area contributed by atoms with Crippen LogP contribution in [0.1, 0.15) is 30.3 Å². The molecule has 1 aliphatic rings. The van der Waals surface area contributed by atoms with Crippen LogP contribution in [0.2, 0.25) is 0 Å². The average molecular weight is 266 g/mol. The Morgan fingerprint density at radius 2 is 2.28 bits per heavy atom. The Balaban J connectivity index is 2.11. The second-order valence-electron chi connectivity index (χ2n) is 4.35. The summed E-state index contributed by atoms with van der Waals surface area (Å²) >= 11 is 1.63. The molecule has 2 N–H and O–H groups in total. The summed E-state index contributed by atoms with van der Waals surface area (Å²) in [5.41, 5.74) is -0.0722. The topological polar surface area (TPSA) is 79.3 Å². The number of nitrogens with zero attached hydrogens (tertiary/aromatic N) is 1. The number of rotatable bonds is 3. The zero-order valence-electron chi connectivity index (χ0n) is 9.97. The third-order valence-corrected chi connectivity index (χ3v) is 4.43. The van der Waals surface area contributed by atoms with Gasteiger partial charge in [0.1, 0.15) is 5.82 Å². The molecule has 0 aromatic carbocycles. The van der Waals surface area contributed by atoms with Crippen LogP contribution in [0.25, 0.3) is 0 Å². The van der Waals surface area contributed by atoms with E-state index in [0.717, 1.165) is 18.6 Å². The summed E-state index contributed by atoms with van der Waals surface area (Å²) in [7, 11) is 0. The highest BCUT2D eigenvalue weighted by Gasteiger charge is 2.37. The van der Waals surface area contributed by atoms with Crippen LogP contribution in [-0.2, 0) is 4.79 Å². The van der Waals surface area contributed by atoms with Crippen LogP contribution in [0, 0.1) is 0 Å². The van der Waals surface area contributed by atoms with E-state index in [1.807, 2.05) is 6.92 Å². The van der Waals surface area contributed by atoms with Crippen molar-refractivity contribution in [2.45, 2.75) is 24.5 Å². The first-order chi connectivity index (χ1) is 8.51. The number of amides is 1. The van der Waals surface area contributed by atoms with E-state index in [1.54, 1.807) is 23.9 Å². The lowest BCUT2D eigenvalue weighted by atomic mass is 10.1. The van der Waals surface area contributed by atoms with Gasteiger partial charge in [-0.05, 0) is 37.7 Å². The van der Waals surface area contributed by atoms with E-state index in [-0.39, 0.29) is 17.4 Å². The Bertz CT molecular complexity index is 484. The van der Waals surface area contributed by atoms with E-state index >= 15 is 0 Å². The summed E-state index contributed by atoms with van der Waals surface area (Å²) in [4.78, 5) is 26.8. The molecule has 2 heterocycles. The highest BCUT2D eigenvalue weighted by molar-refractivity contribution is 8.01. The number of aromatic carboxylic acids is 1. The number of nitrogens with one attached hydrogen (secondary N) is 1. The van der Waals surface area contributed by atoms with Gasteiger partial charge >= 0.3 is 5.97 Å². The lowest BCUT2D eigenvalue weighted by Crippen LogP contribution is -2.35. The van der Waals surface area contributed by atoms with Gasteiger partial charge in [0, 0.05) is 0 Å². The maximum atomic E-state index is 12.1. The Morgan fingerprint density at radius 3 is 2.89 bits per heavy atom. The summed E-state index contributed by atoms with van der Waals surface area (Å²) in [5, 5.41) is 11.5. The number of carbonyl (C=O) groups is 2. The van der Waals surface area contributed by atoms with Crippen molar-refractivity contribution < 1.29 is 14.7 Å². The molecule has 0 radical (unpaired) electrons. The second-order valence-corrected chi connectivity index (χ2v) is 5.95. The number of anilines is 1. The molecule has 0 aliphatic carbocycles. The van der Waals surface area contributed by atoms with Gasteiger partial charge in [-0.3, -0.25) is 4.79 Å². The largest absolute Gasteiger partial charge is 0.477 e. The third kappa shape index (κ3) is 2.64. The van der Waals surface area contributed by atoms with Gasteiger partial charge in [0.05, 0.1) is 4.75 Å². The number of thioether (sulfide) groups is 1. The molecule has 18 heavy (non-hydrogen) atoms. The van der Waals surface area contributed by atoms with Crippen molar-refractivity contribution >= 4 is 29.5 Å². The fraction of sp³-hybridized carbons (Fsp3) is 0.417. The normalized spacial score (nSPS) is 22.7. The molecule has 6 heteroatoms. The van der Waals surface area contributed by atoms with Crippen LogP contribution in [0.15, 0.2) is 18.2 Å². The third-order valence-electron chi connectivity index (χ3n) is 2.91. The van der Waals surface area contributed by atoms with E-state index in [4.69, 9.17) is 5.11 Å². The van der Waals surface area contributed by atoms with Crippen LogP contribution in [-0.4, -0.2) is 32.5 Å². The summed E-state index contributed by atoms with van der Waals surface area (Å²) in [6.45, 7) is 1.90. The molecule has 0 saturated carbocycles. The predicted molar refractivity (Wildman–Crippen MR) is 69.9 cm³/mol.